The summed E-state index contributed by atoms with van der Waals surface area (Å²) < 4.78 is 27.7. The first-order chi connectivity index (χ1) is 8.91. The van der Waals surface area contributed by atoms with Gasteiger partial charge in [0, 0.05) is 27.4 Å². The molecule has 0 aliphatic heterocycles. The Labute approximate surface area is 133 Å². The van der Waals surface area contributed by atoms with Gasteiger partial charge < -0.3 is 0 Å². The molecule has 0 atom stereocenters. The summed E-state index contributed by atoms with van der Waals surface area (Å²) in [5.41, 5.74) is 0. The van der Waals surface area contributed by atoms with Crippen molar-refractivity contribution < 1.29 is 8.42 Å². The lowest BCUT2D eigenvalue weighted by Gasteiger charge is -2.17. The molecule has 19 heavy (non-hydrogen) atoms. The highest BCUT2D eigenvalue weighted by molar-refractivity contribution is 9.11. The zero-order chi connectivity index (χ0) is 14.0. The third kappa shape index (κ3) is 3.46. The summed E-state index contributed by atoms with van der Waals surface area (Å²) in [7, 11) is -1.90. The second kappa shape index (κ2) is 6.05. The number of thiophene rings is 1. The van der Waals surface area contributed by atoms with Crippen molar-refractivity contribution >= 4 is 53.2 Å². The third-order valence-corrected chi connectivity index (χ3v) is 6.68. The van der Waals surface area contributed by atoms with Crippen LogP contribution in [0.15, 0.2) is 49.6 Å². The van der Waals surface area contributed by atoms with Crippen molar-refractivity contribution in [2.45, 2.75) is 11.4 Å². The fraction of sp³-hybridized carbons (Fsp3) is 0.167. The van der Waals surface area contributed by atoms with Crippen molar-refractivity contribution in [3.8, 4) is 0 Å². The van der Waals surface area contributed by atoms with E-state index in [9.17, 15) is 8.42 Å². The lowest BCUT2D eigenvalue weighted by Crippen LogP contribution is -2.26. The summed E-state index contributed by atoms with van der Waals surface area (Å²) in [5, 5.41) is 1.94. The molecular formula is C12H11Br2NO2S2. The van der Waals surface area contributed by atoms with Gasteiger partial charge in [-0.1, -0.05) is 22.0 Å². The molecule has 0 radical (unpaired) electrons. The first kappa shape index (κ1) is 15.2. The van der Waals surface area contributed by atoms with Crippen LogP contribution in [0.2, 0.25) is 0 Å². The average molecular weight is 425 g/mol. The van der Waals surface area contributed by atoms with Crippen LogP contribution in [0.3, 0.4) is 0 Å². The summed E-state index contributed by atoms with van der Waals surface area (Å²) in [6.07, 6.45) is 0. The molecule has 1 aromatic heterocycles. The van der Waals surface area contributed by atoms with Crippen molar-refractivity contribution in [2.24, 2.45) is 0 Å². The van der Waals surface area contributed by atoms with E-state index in [1.54, 1.807) is 36.6 Å². The molecule has 3 nitrogen and oxygen atoms in total. The largest absolute Gasteiger partial charge is 0.244 e. The van der Waals surface area contributed by atoms with Gasteiger partial charge in [0.2, 0.25) is 10.0 Å². The first-order valence-corrected chi connectivity index (χ1v) is 9.25. The zero-order valence-corrected chi connectivity index (χ0v) is 14.8. The molecule has 0 aliphatic rings. The highest BCUT2D eigenvalue weighted by Crippen LogP contribution is 2.28. The van der Waals surface area contributed by atoms with E-state index in [1.165, 1.54) is 4.31 Å². The highest BCUT2D eigenvalue weighted by atomic mass is 79.9. The van der Waals surface area contributed by atoms with Gasteiger partial charge in [-0.15, -0.1) is 11.3 Å². The molecule has 0 spiro atoms. The van der Waals surface area contributed by atoms with Crippen molar-refractivity contribution in [1.82, 2.24) is 4.31 Å². The van der Waals surface area contributed by atoms with E-state index in [0.29, 0.717) is 11.0 Å². The summed E-state index contributed by atoms with van der Waals surface area (Å²) in [6, 6.07) is 8.88. The van der Waals surface area contributed by atoms with E-state index in [0.717, 1.165) is 9.35 Å². The lowest BCUT2D eigenvalue weighted by molar-refractivity contribution is 0.469. The number of hydrogen-bond donors (Lipinski definition) is 0. The van der Waals surface area contributed by atoms with Crippen LogP contribution in [0.5, 0.6) is 0 Å². The molecule has 0 fully saturated rings. The van der Waals surface area contributed by atoms with Gasteiger partial charge in [0.1, 0.15) is 0 Å². The van der Waals surface area contributed by atoms with Gasteiger partial charge in [-0.3, -0.25) is 0 Å². The Hall–Kier alpha value is -0.210. The third-order valence-electron chi connectivity index (χ3n) is 2.54. The highest BCUT2D eigenvalue weighted by Gasteiger charge is 2.23. The minimum absolute atomic E-state index is 0.273. The fourth-order valence-electron chi connectivity index (χ4n) is 1.56. The Bertz CT molecular complexity index is 669. The Balaban J connectivity index is 2.31. The minimum atomic E-state index is -3.49. The van der Waals surface area contributed by atoms with Crippen LogP contribution in [-0.2, 0) is 16.6 Å². The smallest absolute Gasteiger partial charge is 0.207 e. The van der Waals surface area contributed by atoms with Crippen molar-refractivity contribution in [1.29, 1.82) is 0 Å². The van der Waals surface area contributed by atoms with Crippen LogP contribution in [0, 0.1) is 0 Å². The Morgan fingerprint density at radius 3 is 2.58 bits per heavy atom. The average Bonchev–Trinajstić information content (AvgIpc) is 2.81. The molecule has 0 bridgehead atoms. The molecule has 2 rings (SSSR count). The first-order valence-electron chi connectivity index (χ1n) is 5.35. The van der Waals surface area contributed by atoms with Crippen LogP contribution in [0.4, 0.5) is 0 Å². The van der Waals surface area contributed by atoms with Gasteiger partial charge in [-0.25, -0.2) is 8.42 Å². The second-order valence-electron chi connectivity index (χ2n) is 3.92. The maximum absolute atomic E-state index is 12.5. The number of sulfonamides is 1. The zero-order valence-electron chi connectivity index (χ0n) is 10.0. The molecule has 0 saturated carbocycles. The molecule has 2 aromatic rings. The van der Waals surface area contributed by atoms with Crippen LogP contribution in [0.25, 0.3) is 0 Å². The lowest BCUT2D eigenvalue weighted by atomic mass is 10.4. The number of hydrogen-bond acceptors (Lipinski definition) is 3. The van der Waals surface area contributed by atoms with E-state index < -0.39 is 10.0 Å². The molecular weight excluding hydrogens is 414 g/mol. The summed E-state index contributed by atoms with van der Waals surface area (Å²) in [6.45, 7) is 0.377. The summed E-state index contributed by atoms with van der Waals surface area (Å²) in [4.78, 5) is 1.29. The molecule has 0 amide bonds. The van der Waals surface area contributed by atoms with Gasteiger partial charge in [0.15, 0.2) is 0 Å². The molecule has 102 valence electrons. The van der Waals surface area contributed by atoms with E-state index in [2.05, 4.69) is 31.9 Å². The van der Waals surface area contributed by atoms with E-state index in [4.69, 9.17) is 0 Å². The number of benzene rings is 1. The van der Waals surface area contributed by atoms with Gasteiger partial charge in [0.25, 0.3) is 0 Å². The van der Waals surface area contributed by atoms with Gasteiger partial charge in [0.05, 0.1) is 4.90 Å². The van der Waals surface area contributed by atoms with Gasteiger partial charge in [-0.05, 0) is 45.6 Å². The monoisotopic (exact) mass is 423 g/mol. The molecule has 0 aliphatic carbocycles. The molecule has 0 N–H and O–H groups in total. The standard InChI is InChI=1S/C12H11Br2NO2S2/c1-15(8-10-3-2-6-18-10)19(16,17)12-5-4-9(13)7-11(12)14/h2-7H,8H2,1H3. The van der Waals surface area contributed by atoms with E-state index in [-0.39, 0.29) is 4.90 Å². The molecule has 1 heterocycles. The maximum Gasteiger partial charge on any atom is 0.244 e. The van der Waals surface area contributed by atoms with Crippen LogP contribution >= 0.6 is 43.2 Å². The second-order valence-corrected chi connectivity index (χ2v) is 8.73. The number of halogens is 2. The van der Waals surface area contributed by atoms with Crippen LogP contribution in [-0.4, -0.2) is 19.8 Å². The van der Waals surface area contributed by atoms with Gasteiger partial charge >= 0.3 is 0 Å². The molecule has 0 saturated heterocycles. The number of nitrogens with zero attached hydrogens (tertiary/aromatic N) is 1. The van der Waals surface area contributed by atoms with Crippen molar-refractivity contribution in [3.05, 3.63) is 49.5 Å². The normalized spacial score (nSPS) is 12.0. The maximum atomic E-state index is 12.5. The topological polar surface area (TPSA) is 37.4 Å². The SMILES string of the molecule is CN(Cc1cccs1)S(=O)(=O)c1ccc(Br)cc1Br. The van der Waals surface area contributed by atoms with Gasteiger partial charge in [-0.2, -0.15) is 4.31 Å². The Morgan fingerprint density at radius 1 is 1.26 bits per heavy atom. The van der Waals surface area contributed by atoms with Crippen molar-refractivity contribution in [2.75, 3.05) is 7.05 Å². The minimum Gasteiger partial charge on any atom is -0.207 e. The Morgan fingerprint density at radius 2 is 2.00 bits per heavy atom. The van der Waals surface area contributed by atoms with Crippen LogP contribution < -0.4 is 0 Å². The predicted octanol–water partition coefficient (Wildman–Crippen LogP) is 4.09. The molecule has 7 heteroatoms. The van der Waals surface area contributed by atoms with Crippen molar-refractivity contribution in [3.63, 3.8) is 0 Å². The van der Waals surface area contributed by atoms with E-state index in [1.807, 2.05) is 17.5 Å². The molecule has 0 unspecified atom stereocenters. The summed E-state index contributed by atoms with van der Waals surface area (Å²) in [5.74, 6) is 0. The Kier molecular flexibility index (Phi) is 4.84. The fourth-order valence-corrected chi connectivity index (χ4v) is 5.25. The van der Waals surface area contributed by atoms with Crippen LogP contribution in [0.1, 0.15) is 4.88 Å². The van der Waals surface area contributed by atoms with E-state index >= 15 is 0 Å². The quantitative estimate of drug-likeness (QED) is 0.740. The number of rotatable bonds is 4. The predicted molar refractivity (Wildman–Crippen MR) is 84.8 cm³/mol. The summed E-state index contributed by atoms with van der Waals surface area (Å²) >= 11 is 8.15. The molecule has 1 aromatic carbocycles.